The lowest BCUT2D eigenvalue weighted by Crippen LogP contribution is -2.39. The van der Waals surface area contributed by atoms with Gasteiger partial charge in [-0.15, -0.1) is 0 Å². The van der Waals surface area contributed by atoms with Crippen LogP contribution in [0.3, 0.4) is 0 Å². The molecule has 3 heterocycles. The second kappa shape index (κ2) is 9.07. The largest absolute Gasteiger partial charge is 0.463 e. The maximum atomic E-state index is 13.7. The van der Waals surface area contributed by atoms with Crippen molar-refractivity contribution in [2.24, 2.45) is 19.1 Å². The van der Waals surface area contributed by atoms with Crippen LogP contribution in [0.4, 0.5) is 0 Å². The Morgan fingerprint density at radius 3 is 2.50 bits per heavy atom. The van der Waals surface area contributed by atoms with E-state index in [0.29, 0.717) is 25.6 Å². The summed E-state index contributed by atoms with van der Waals surface area (Å²) in [5.41, 5.74) is 3.51. The van der Waals surface area contributed by atoms with Crippen molar-refractivity contribution in [3.8, 4) is 0 Å². The molecule has 10 heteroatoms. The van der Waals surface area contributed by atoms with E-state index in [0.717, 1.165) is 22.2 Å². The van der Waals surface area contributed by atoms with Crippen LogP contribution in [0.5, 0.6) is 0 Å². The molecular weight excluding hydrogens is 500 g/mol. The third-order valence-electron chi connectivity index (χ3n) is 6.30. The summed E-state index contributed by atoms with van der Waals surface area (Å²) in [6, 6.07) is 12.0. The van der Waals surface area contributed by atoms with Gasteiger partial charge < -0.3 is 4.74 Å². The van der Waals surface area contributed by atoms with Crippen molar-refractivity contribution in [2.45, 2.75) is 19.9 Å². The number of imidazole rings is 1. The van der Waals surface area contributed by atoms with Gasteiger partial charge in [-0.25, -0.2) is 14.6 Å². The molecule has 5 rings (SSSR count). The zero-order valence-electron chi connectivity index (χ0n) is 20.1. The number of nitrogens with zero attached hydrogens (tertiary/aromatic N) is 4. The molecule has 0 radical (unpaired) electrons. The van der Waals surface area contributed by atoms with Crippen molar-refractivity contribution in [1.29, 1.82) is 0 Å². The Morgan fingerprint density at radius 1 is 1.11 bits per heavy atom. The minimum atomic E-state index is -0.697. The molecule has 2 aromatic carbocycles. The van der Waals surface area contributed by atoms with Gasteiger partial charge in [0.05, 0.1) is 39.5 Å². The normalized spacial score (nSPS) is 15.8. The Hall–Kier alpha value is -3.69. The Labute approximate surface area is 214 Å². The number of hydrogen-bond acceptors (Lipinski definition) is 6. The van der Waals surface area contributed by atoms with Crippen LogP contribution in [0.1, 0.15) is 31.0 Å². The van der Waals surface area contributed by atoms with E-state index in [-0.39, 0.29) is 17.9 Å². The van der Waals surface area contributed by atoms with E-state index in [1.165, 1.54) is 15.9 Å². The van der Waals surface area contributed by atoms with Crippen LogP contribution < -0.4 is 20.6 Å². The molecule has 0 amide bonds. The van der Waals surface area contributed by atoms with Crippen LogP contribution >= 0.6 is 22.9 Å². The van der Waals surface area contributed by atoms with Crippen LogP contribution in [0.15, 0.2) is 68.3 Å². The molecule has 2 aromatic heterocycles. The molecule has 0 spiro atoms. The van der Waals surface area contributed by atoms with E-state index < -0.39 is 12.0 Å². The summed E-state index contributed by atoms with van der Waals surface area (Å²) < 4.78 is 10.5. The number of allylic oxidation sites excluding steroid dienone is 1. The van der Waals surface area contributed by atoms with Crippen molar-refractivity contribution >= 4 is 46.0 Å². The first-order valence-corrected chi connectivity index (χ1v) is 12.5. The topological polar surface area (TPSA) is 87.6 Å². The smallest absolute Gasteiger partial charge is 0.338 e. The van der Waals surface area contributed by atoms with Gasteiger partial charge in [-0.05, 0) is 55.3 Å². The number of halogens is 1. The number of benzene rings is 2. The molecular formula is C26H23ClN4O4S. The van der Waals surface area contributed by atoms with Gasteiger partial charge >= 0.3 is 11.7 Å². The number of fused-ring (bicyclic) bond motifs is 2. The number of hydrogen-bond donors (Lipinski definition) is 0. The van der Waals surface area contributed by atoms with Gasteiger partial charge in [-0.3, -0.25) is 18.5 Å². The first-order valence-electron chi connectivity index (χ1n) is 11.3. The highest BCUT2D eigenvalue weighted by atomic mass is 35.5. The lowest BCUT2D eigenvalue weighted by Gasteiger charge is -2.24. The number of aryl methyl sites for hydroxylation is 2. The Bertz CT molecular complexity index is 1810. The van der Waals surface area contributed by atoms with Crippen LogP contribution in [-0.4, -0.2) is 26.3 Å². The van der Waals surface area contributed by atoms with Crippen molar-refractivity contribution in [2.75, 3.05) is 6.61 Å². The maximum Gasteiger partial charge on any atom is 0.338 e. The first-order chi connectivity index (χ1) is 17.2. The predicted molar refractivity (Wildman–Crippen MR) is 140 cm³/mol. The molecule has 1 atom stereocenters. The SMILES string of the molecule is CCOC(=O)C1=C(C)N=c2sc(=Cc3ccc4c(c3)n(C)c(=O)n4C)c(=O)n2C1c1ccc(Cl)cc1. The van der Waals surface area contributed by atoms with Crippen molar-refractivity contribution < 1.29 is 9.53 Å². The number of carbonyl (C=O) groups excluding carboxylic acids is 1. The number of carbonyl (C=O) groups is 1. The number of esters is 1. The first kappa shape index (κ1) is 24.0. The predicted octanol–water partition coefficient (Wildman–Crippen LogP) is 2.64. The van der Waals surface area contributed by atoms with E-state index in [1.54, 1.807) is 67.4 Å². The average Bonchev–Trinajstić information content (AvgIpc) is 3.27. The fraction of sp³-hybridized carbons (Fsp3) is 0.231. The minimum absolute atomic E-state index is 0.119. The van der Waals surface area contributed by atoms with Gasteiger partial charge in [0.1, 0.15) is 0 Å². The molecule has 184 valence electrons. The number of ether oxygens (including phenoxy) is 1. The standard InChI is InChI=1S/C26H23ClN4O4S/c1-5-35-24(33)21-14(2)28-25-31(22(21)16-7-9-17(27)10-8-16)23(32)20(36-25)13-15-6-11-18-19(12-15)30(4)26(34)29(18)3/h6-13,22H,5H2,1-4H3. The van der Waals surface area contributed by atoms with Gasteiger partial charge in [0.25, 0.3) is 5.56 Å². The fourth-order valence-corrected chi connectivity index (χ4v) is 5.69. The highest BCUT2D eigenvalue weighted by Crippen LogP contribution is 2.31. The van der Waals surface area contributed by atoms with Gasteiger partial charge in [0.2, 0.25) is 0 Å². The van der Waals surface area contributed by atoms with Crippen LogP contribution in [0, 0.1) is 0 Å². The molecule has 1 aliphatic rings. The quantitative estimate of drug-likeness (QED) is 0.385. The van der Waals surface area contributed by atoms with E-state index in [1.807, 2.05) is 18.2 Å². The van der Waals surface area contributed by atoms with Crippen molar-refractivity contribution in [3.63, 3.8) is 0 Å². The summed E-state index contributed by atoms with van der Waals surface area (Å²) in [5.74, 6) is -0.511. The van der Waals surface area contributed by atoms with E-state index >= 15 is 0 Å². The molecule has 0 bridgehead atoms. The summed E-state index contributed by atoms with van der Waals surface area (Å²) in [4.78, 5) is 44.0. The Kier molecular flexibility index (Phi) is 6.05. The lowest BCUT2D eigenvalue weighted by atomic mass is 9.96. The summed E-state index contributed by atoms with van der Waals surface area (Å²) in [6.45, 7) is 3.69. The van der Waals surface area contributed by atoms with Gasteiger partial charge in [0, 0.05) is 19.1 Å². The molecule has 0 N–H and O–H groups in total. The molecule has 1 unspecified atom stereocenters. The third kappa shape index (κ3) is 3.84. The zero-order chi connectivity index (χ0) is 25.7. The lowest BCUT2D eigenvalue weighted by molar-refractivity contribution is -0.139. The fourth-order valence-electron chi connectivity index (χ4n) is 4.52. The molecule has 4 aromatic rings. The summed E-state index contributed by atoms with van der Waals surface area (Å²) in [6.07, 6.45) is 1.78. The van der Waals surface area contributed by atoms with Gasteiger partial charge in [0.15, 0.2) is 4.80 Å². The number of rotatable bonds is 4. The number of thiazole rings is 1. The van der Waals surface area contributed by atoms with Gasteiger partial charge in [-0.1, -0.05) is 41.1 Å². The Morgan fingerprint density at radius 2 is 1.81 bits per heavy atom. The molecule has 1 aliphatic heterocycles. The second-order valence-corrected chi connectivity index (χ2v) is 9.95. The van der Waals surface area contributed by atoms with E-state index in [4.69, 9.17) is 16.3 Å². The summed E-state index contributed by atoms with van der Waals surface area (Å²) in [7, 11) is 3.44. The van der Waals surface area contributed by atoms with Crippen LogP contribution in [0.2, 0.25) is 5.02 Å². The van der Waals surface area contributed by atoms with Crippen molar-refractivity contribution in [3.05, 3.63) is 100 Å². The minimum Gasteiger partial charge on any atom is -0.463 e. The van der Waals surface area contributed by atoms with Crippen molar-refractivity contribution in [1.82, 2.24) is 13.7 Å². The molecule has 0 aliphatic carbocycles. The maximum absolute atomic E-state index is 13.7. The third-order valence-corrected chi connectivity index (χ3v) is 7.53. The highest BCUT2D eigenvalue weighted by molar-refractivity contribution is 7.07. The van der Waals surface area contributed by atoms with Crippen LogP contribution in [-0.2, 0) is 23.6 Å². The molecule has 0 saturated carbocycles. The molecule has 36 heavy (non-hydrogen) atoms. The molecule has 8 nitrogen and oxygen atoms in total. The monoisotopic (exact) mass is 522 g/mol. The number of aromatic nitrogens is 3. The molecule has 0 saturated heterocycles. The zero-order valence-corrected chi connectivity index (χ0v) is 21.7. The Balaban J connectivity index is 1.72. The average molecular weight is 523 g/mol. The highest BCUT2D eigenvalue weighted by Gasteiger charge is 2.33. The molecule has 0 fully saturated rings. The van der Waals surface area contributed by atoms with E-state index in [2.05, 4.69) is 4.99 Å². The van der Waals surface area contributed by atoms with Gasteiger partial charge in [-0.2, -0.15) is 0 Å². The summed E-state index contributed by atoms with van der Waals surface area (Å²) >= 11 is 7.35. The summed E-state index contributed by atoms with van der Waals surface area (Å²) in [5, 5.41) is 0.551. The van der Waals surface area contributed by atoms with E-state index in [9.17, 15) is 14.4 Å². The second-order valence-electron chi connectivity index (χ2n) is 8.50. The van der Waals surface area contributed by atoms with Crippen LogP contribution in [0.25, 0.3) is 17.1 Å².